The summed E-state index contributed by atoms with van der Waals surface area (Å²) >= 11 is 0. The van der Waals surface area contributed by atoms with Crippen LogP contribution in [0.4, 0.5) is 10.1 Å². The molecule has 0 fully saturated rings. The van der Waals surface area contributed by atoms with Crippen molar-refractivity contribution in [1.82, 2.24) is 4.31 Å². The number of ether oxygens (including phenoxy) is 1. The zero-order valence-electron chi connectivity index (χ0n) is 20.5. The quantitative estimate of drug-likeness (QED) is 0.318. The van der Waals surface area contributed by atoms with Crippen LogP contribution in [0.25, 0.3) is 0 Å². The number of anilines is 1. The van der Waals surface area contributed by atoms with E-state index >= 15 is 0 Å². The summed E-state index contributed by atoms with van der Waals surface area (Å²) in [4.78, 5) is 0.102. The first-order valence-corrected chi connectivity index (χ1v) is 13.8. The molecule has 1 N–H and O–H groups in total. The molecule has 0 bridgehead atoms. The second-order valence-electron chi connectivity index (χ2n) is 9.17. The summed E-state index contributed by atoms with van der Waals surface area (Å²) in [6.45, 7) is 2.41. The Kier molecular flexibility index (Phi) is 7.26. The van der Waals surface area contributed by atoms with Crippen molar-refractivity contribution in [2.24, 2.45) is 0 Å². The average Bonchev–Trinajstić information content (AvgIpc) is 2.98. The second kappa shape index (κ2) is 10.7. The highest BCUT2D eigenvalue weighted by Crippen LogP contribution is 2.43. The summed E-state index contributed by atoms with van der Waals surface area (Å²) in [5, 5.41) is 3.32. The highest BCUT2D eigenvalue weighted by Gasteiger charge is 2.42. The van der Waals surface area contributed by atoms with E-state index in [4.69, 9.17) is 4.74 Å². The summed E-state index contributed by atoms with van der Waals surface area (Å²) in [5.74, 6) is -0.107. The molecule has 0 amide bonds. The van der Waals surface area contributed by atoms with E-state index in [-0.39, 0.29) is 11.4 Å². The standard InChI is InChI=1S/C30H29FN2O3S/c1-22-29(25-13-6-3-7-14-25)36-28-17-9-16-27(32-19-18-23-10-4-2-5-11-23)30(28)37(34,35)33(22)21-24-12-8-15-26(31)20-24/h2-17,20,22,29,32H,18-19,21H2,1H3/t22-,29+/m0/s1. The zero-order valence-corrected chi connectivity index (χ0v) is 21.4. The molecule has 0 aliphatic carbocycles. The predicted octanol–water partition coefficient (Wildman–Crippen LogP) is 6.19. The van der Waals surface area contributed by atoms with E-state index in [0.717, 1.165) is 17.5 Å². The normalized spacial score (nSPS) is 18.9. The lowest BCUT2D eigenvalue weighted by atomic mass is 10.0. The van der Waals surface area contributed by atoms with Gasteiger partial charge < -0.3 is 10.1 Å². The lowest BCUT2D eigenvalue weighted by Crippen LogP contribution is -2.41. The number of hydrogen-bond acceptors (Lipinski definition) is 4. The summed E-state index contributed by atoms with van der Waals surface area (Å²) in [7, 11) is -4.02. The molecule has 0 saturated carbocycles. The molecule has 0 aromatic heterocycles. The lowest BCUT2D eigenvalue weighted by Gasteiger charge is -2.31. The summed E-state index contributed by atoms with van der Waals surface area (Å²) in [5.41, 5.74) is 3.07. The van der Waals surface area contributed by atoms with Gasteiger partial charge in [0.05, 0.1) is 11.7 Å². The van der Waals surface area contributed by atoms with Gasteiger partial charge in [0.15, 0.2) is 0 Å². The Bertz CT molecular complexity index is 1460. The first kappa shape index (κ1) is 25.0. The number of fused-ring (bicyclic) bond motifs is 1. The third-order valence-electron chi connectivity index (χ3n) is 6.62. The number of hydrogen-bond donors (Lipinski definition) is 1. The smallest absolute Gasteiger partial charge is 0.249 e. The molecule has 0 spiro atoms. The largest absolute Gasteiger partial charge is 0.483 e. The van der Waals surface area contributed by atoms with Crippen molar-refractivity contribution in [1.29, 1.82) is 0 Å². The van der Waals surface area contributed by atoms with Crippen LogP contribution in [0.3, 0.4) is 0 Å². The third kappa shape index (κ3) is 5.38. The van der Waals surface area contributed by atoms with Gasteiger partial charge in [0.1, 0.15) is 22.6 Å². The molecule has 190 valence electrons. The maximum absolute atomic E-state index is 14.3. The molecule has 4 aromatic carbocycles. The van der Waals surface area contributed by atoms with E-state index < -0.39 is 28.0 Å². The van der Waals surface area contributed by atoms with Crippen LogP contribution in [0.15, 0.2) is 108 Å². The van der Waals surface area contributed by atoms with Crippen molar-refractivity contribution >= 4 is 15.7 Å². The Balaban J connectivity index is 1.55. The van der Waals surface area contributed by atoms with E-state index in [1.165, 1.54) is 16.4 Å². The zero-order chi connectivity index (χ0) is 25.8. The monoisotopic (exact) mass is 516 g/mol. The molecule has 1 aliphatic heterocycles. The predicted molar refractivity (Wildman–Crippen MR) is 143 cm³/mol. The van der Waals surface area contributed by atoms with Gasteiger partial charge in [-0.15, -0.1) is 0 Å². The number of nitrogens with zero attached hydrogens (tertiary/aromatic N) is 1. The highest BCUT2D eigenvalue weighted by molar-refractivity contribution is 7.89. The maximum atomic E-state index is 14.3. The minimum absolute atomic E-state index is 0.0196. The van der Waals surface area contributed by atoms with Gasteiger partial charge in [-0.1, -0.05) is 78.9 Å². The molecule has 7 heteroatoms. The van der Waals surface area contributed by atoms with Gasteiger partial charge >= 0.3 is 0 Å². The summed E-state index contributed by atoms with van der Waals surface area (Å²) in [6.07, 6.45) is 0.187. The molecule has 0 unspecified atom stereocenters. The van der Waals surface area contributed by atoms with Crippen molar-refractivity contribution in [3.8, 4) is 5.75 Å². The molecule has 37 heavy (non-hydrogen) atoms. The van der Waals surface area contributed by atoms with Crippen LogP contribution in [0.1, 0.15) is 29.7 Å². The van der Waals surface area contributed by atoms with Crippen LogP contribution < -0.4 is 10.1 Å². The average molecular weight is 517 g/mol. The second-order valence-corrected chi connectivity index (χ2v) is 11.0. The van der Waals surface area contributed by atoms with E-state index in [2.05, 4.69) is 5.32 Å². The summed E-state index contributed by atoms with van der Waals surface area (Å²) in [6, 6.07) is 30.4. The molecule has 4 aromatic rings. The molecular weight excluding hydrogens is 487 g/mol. The first-order chi connectivity index (χ1) is 17.9. The Labute approximate surface area is 217 Å². The van der Waals surface area contributed by atoms with E-state index in [1.54, 1.807) is 30.3 Å². The molecule has 1 aliphatic rings. The minimum Gasteiger partial charge on any atom is -0.483 e. The Morgan fingerprint density at radius 3 is 2.27 bits per heavy atom. The van der Waals surface area contributed by atoms with Gasteiger partial charge in [-0.2, -0.15) is 4.31 Å². The maximum Gasteiger partial charge on any atom is 0.249 e. The number of benzene rings is 4. The molecule has 0 saturated heterocycles. The Morgan fingerprint density at radius 2 is 1.54 bits per heavy atom. The third-order valence-corrected chi connectivity index (χ3v) is 8.64. The molecular formula is C30H29FN2O3S. The van der Waals surface area contributed by atoms with Gasteiger partial charge in [0, 0.05) is 13.1 Å². The highest BCUT2D eigenvalue weighted by atomic mass is 32.2. The van der Waals surface area contributed by atoms with Crippen LogP contribution in [-0.4, -0.2) is 25.3 Å². The van der Waals surface area contributed by atoms with E-state index in [1.807, 2.05) is 67.6 Å². The van der Waals surface area contributed by atoms with Crippen molar-refractivity contribution < 1.29 is 17.5 Å². The van der Waals surface area contributed by atoms with Crippen LogP contribution in [0.2, 0.25) is 0 Å². The van der Waals surface area contributed by atoms with Crippen LogP contribution in [0.5, 0.6) is 5.75 Å². The fourth-order valence-corrected chi connectivity index (χ4v) is 6.65. The first-order valence-electron chi connectivity index (χ1n) is 12.3. The number of sulfonamides is 1. The van der Waals surface area contributed by atoms with E-state index in [9.17, 15) is 12.8 Å². The van der Waals surface area contributed by atoms with Crippen molar-refractivity contribution in [2.45, 2.75) is 36.9 Å². The van der Waals surface area contributed by atoms with Crippen LogP contribution in [-0.2, 0) is 23.0 Å². The van der Waals surface area contributed by atoms with Crippen LogP contribution >= 0.6 is 0 Å². The van der Waals surface area contributed by atoms with Crippen LogP contribution in [0, 0.1) is 5.82 Å². The molecule has 5 rings (SSSR count). The Hall–Kier alpha value is -3.68. The van der Waals surface area contributed by atoms with E-state index in [0.29, 0.717) is 23.5 Å². The van der Waals surface area contributed by atoms with Gasteiger partial charge in [0.2, 0.25) is 10.0 Å². The summed E-state index contributed by atoms with van der Waals surface area (Å²) < 4.78 is 50.4. The number of rotatable bonds is 7. The Morgan fingerprint density at radius 1 is 0.865 bits per heavy atom. The van der Waals surface area contributed by atoms with Gasteiger partial charge in [-0.25, -0.2) is 12.8 Å². The van der Waals surface area contributed by atoms with Crippen molar-refractivity contribution in [2.75, 3.05) is 11.9 Å². The van der Waals surface area contributed by atoms with Crippen molar-refractivity contribution in [3.63, 3.8) is 0 Å². The van der Waals surface area contributed by atoms with Gasteiger partial charge in [0.25, 0.3) is 0 Å². The number of halogens is 1. The number of nitrogens with one attached hydrogen (secondary N) is 1. The fraction of sp³-hybridized carbons (Fsp3) is 0.200. The molecule has 2 atom stereocenters. The van der Waals surface area contributed by atoms with Gasteiger partial charge in [-0.3, -0.25) is 0 Å². The topological polar surface area (TPSA) is 58.6 Å². The molecule has 5 nitrogen and oxygen atoms in total. The van der Waals surface area contributed by atoms with Gasteiger partial charge in [-0.05, 0) is 54.3 Å². The SMILES string of the molecule is C[C@H]1[C@H](c2ccccc2)Oc2cccc(NCCc3ccccc3)c2S(=O)(=O)N1Cc1cccc(F)c1. The fourth-order valence-electron chi connectivity index (χ4n) is 4.76. The lowest BCUT2D eigenvalue weighted by molar-refractivity contribution is 0.124. The van der Waals surface area contributed by atoms with Crippen molar-refractivity contribution in [3.05, 3.63) is 126 Å². The minimum atomic E-state index is -4.02. The molecule has 1 heterocycles. The molecule has 0 radical (unpaired) electrons.